The number of hydrogen-bond acceptors (Lipinski definition) is 2. The quantitative estimate of drug-likeness (QED) is 0.499. The van der Waals surface area contributed by atoms with Gasteiger partial charge in [-0.1, -0.05) is 6.92 Å². The molecular weight excluding hydrogens is 170 g/mol. The van der Waals surface area contributed by atoms with Crippen LogP contribution in [0.1, 0.15) is 26.7 Å². The van der Waals surface area contributed by atoms with Crippen molar-refractivity contribution >= 4 is 16.9 Å². The van der Waals surface area contributed by atoms with Crippen LogP contribution in [0.5, 0.6) is 0 Å². The molecule has 0 amide bonds. The highest BCUT2D eigenvalue weighted by Crippen LogP contribution is 2.20. The highest BCUT2D eigenvalue weighted by atomic mass is 32.2. The maximum atomic E-state index is 11.3. The summed E-state index contributed by atoms with van der Waals surface area (Å²) in [6.45, 7) is 4.13. The van der Waals surface area contributed by atoms with Crippen LogP contribution < -0.4 is 0 Å². The van der Waals surface area contributed by atoms with Gasteiger partial charge < -0.3 is 4.48 Å². The predicted octanol–water partition coefficient (Wildman–Crippen LogP) is 2.10. The summed E-state index contributed by atoms with van der Waals surface area (Å²) in [5, 5.41) is 0.669. The van der Waals surface area contributed by atoms with E-state index in [0.29, 0.717) is 16.9 Å². The fourth-order valence-corrected chi connectivity index (χ4v) is 1.63. The second-order valence-corrected chi connectivity index (χ2v) is 5.33. The van der Waals surface area contributed by atoms with Crippen LogP contribution in [0.4, 0.5) is 0 Å². The van der Waals surface area contributed by atoms with E-state index in [1.807, 2.05) is 6.92 Å². The molecule has 0 spiro atoms. The van der Waals surface area contributed by atoms with Crippen molar-refractivity contribution in [2.24, 2.45) is 0 Å². The monoisotopic (exact) mass is 190 g/mol. The lowest BCUT2D eigenvalue weighted by Gasteiger charge is -2.30. The third-order valence-corrected chi connectivity index (χ3v) is 3.29. The van der Waals surface area contributed by atoms with Crippen molar-refractivity contribution in [2.75, 3.05) is 21.1 Å². The molecule has 0 aromatic rings. The van der Waals surface area contributed by atoms with Gasteiger partial charge in [-0.05, 0) is 25.1 Å². The van der Waals surface area contributed by atoms with Crippen LogP contribution in [-0.4, -0.2) is 36.1 Å². The van der Waals surface area contributed by atoms with Gasteiger partial charge in [0.1, 0.15) is 5.37 Å². The van der Waals surface area contributed by atoms with Gasteiger partial charge in [-0.3, -0.25) is 4.79 Å². The van der Waals surface area contributed by atoms with Crippen molar-refractivity contribution in [1.29, 1.82) is 0 Å². The second-order valence-electron chi connectivity index (χ2n) is 3.96. The Kier molecular flexibility index (Phi) is 4.87. The van der Waals surface area contributed by atoms with Gasteiger partial charge in [0.05, 0.1) is 21.1 Å². The zero-order valence-electron chi connectivity index (χ0n) is 8.76. The fourth-order valence-electron chi connectivity index (χ4n) is 0.611. The van der Waals surface area contributed by atoms with Gasteiger partial charge >= 0.3 is 0 Å². The average molecular weight is 190 g/mol. The average Bonchev–Trinajstić information content (AvgIpc) is 1.85. The third-order valence-electron chi connectivity index (χ3n) is 1.85. The number of thioether (sulfide) groups is 1. The minimum atomic E-state index is 0.318. The van der Waals surface area contributed by atoms with Gasteiger partial charge in [0.2, 0.25) is 0 Å². The number of hydrogen-bond donors (Lipinski definition) is 0. The maximum Gasteiger partial charge on any atom is 0.194 e. The van der Waals surface area contributed by atoms with E-state index >= 15 is 0 Å². The summed E-state index contributed by atoms with van der Waals surface area (Å²) in [5.41, 5.74) is 0. The van der Waals surface area contributed by atoms with Gasteiger partial charge in [-0.2, -0.15) is 0 Å². The van der Waals surface area contributed by atoms with Crippen molar-refractivity contribution in [3.05, 3.63) is 0 Å². The number of quaternary nitrogens is 1. The van der Waals surface area contributed by atoms with Crippen LogP contribution >= 0.6 is 11.8 Å². The van der Waals surface area contributed by atoms with E-state index in [0.717, 1.165) is 10.9 Å². The molecule has 0 aromatic heterocycles. The summed E-state index contributed by atoms with van der Waals surface area (Å²) >= 11 is 1.46. The minimum absolute atomic E-state index is 0.318. The zero-order valence-corrected chi connectivity index (χ0v) is 9.57. The Morgan fingerprint density at radius 1 is 1.42 bits per heavy atom. The summed E-state index contributed by atoms with van der Waals surface area (Å²) in [5.74, 6) is 0. The van der Waals surface area contributed by atoms with Crippen LogP contribution in [-0.2, 0) is 4.79 Å². The lowest BCUT2D eigenvalue weighted by atomic mass is 10.4. The summed E-state index contributed by atoms with van der Waals surface area (Å²) in [7, 11) is 6.32. The van der Waals surface area contributed by atoms with Gasteiger partial charge in [-0.15, -0.1) is 0 Å². The molecule has 0 aliphatic rings. The van der Waals surface area contributed by atoms with E-state index in [1.54, 1.807) is 0 Å². The maximum absolute atomic E-state index is 11.3. The molecule has 1 unspecified atom stereocenters. The van der Waals surface area contributed by atoms with E-state index in [2.05, 4.69) is 28.1 Å². The Morgan fingerprint density at radius 3 is 2.25 bits per heavy atom. The molecular formula is C9H20NOS+. The normalized spacial score (nSPS) is 14.4. The Morgan fingerprint density at radius 2 is 1.92 bits per heavy atom. The van der Waals surface area contributed by atoms with Gasteiger partial charge in [0.15, 0.2) is 5.12 Å². The van der Waals surface area contributed by atoms with Crippen LogP contribution in [0.15, 0.2) is 0 Å². The Hall–Kier alpha value is -0.0200. The molecule has 0 aliphatic carbocycles. The first-order valence-electron chi connectivity index (χ1n) is 4.38. The highest BCUT2D eigenvalue weighted by Gasteiger charge is 2.21. The van der Waals surface area contributed by atoms with Crippen LogP contribution in [0.25, 0.3) is 0 Å². The second kappa shape index (κ2) is 4.87. The molecule has 0 aromatic carbocycles. The lowest BCUT2D eigenvalue weighted by molar-refractivity contribution is -0.878. The summed E-state index contributed by atoms with van der Waals surface area (Å²) in [6, 6.07) is 0. The van der Waals surface area contributed by atoms with Crippen molar-refractivity contribution in [2.45, 2.75) is 32.1 Å². The number of carbonyl (C=O) groups excluding carboxylic acids is 1. The van der Waals surface area contributed by atoms with Crippen molar-refractivity contribution in [1.82, 2.24) is 0 Å². The number of carbonyl (C=O) groups is 1. The standard InChI is InChI=1S/C9H20NOS/c1-6-7-9(11)12-8(2)10(3,4)5/h8H,6-7H2,1-5H3/q+1. The Bertz CT molecular complexity index is 151. The molecule has 0 saturated carbocycles. The molecule has 1 atom stereocenters. The molecule has 0 aliphatic heterocycles. The van der Waals surface area contributed by atoms with Crippen molar-refractivity contribution < 1.29 is 9.28 Å². The number of nitrogens with zero attached hydrogens (tertiary/aromatic N) is 1. The predicted molar refractivity (Wildman–Crippen MR) is 55.0 cm³/mol. The zero-order chi connectivity index (χ0) is 9.78. The van der Waals surface area contributed by atoms with Crippen LogP contribution in [0, 0.1) is 0 Å². The topological polar surface area (TPSA) is 17.1 Å². The van der Waals surface area contributed by atoms with E-state index in [-0.39, 0.29) is 0 Å². The van der Waals surface area contributed by atoms with E-state index in [4.69, 9.17) is 0 Å². The summed E-state index contributed by atoms with van der Waals surface area (Å²) in [6.07, 6.45) is 1.66. The summed E-state index contributed by atoms with van der Waals surface area (Å²) in [4.78, 5) is 11.3. The molecule has 2 nitrogen and oxygen atoms in total. The van der Waals surface area contributed by atoms with Gasteiger partial charge in [-0.25, -0.2) is 0 Å². The van der Waals surface area contributed by atoms with Crippen molar-refractivity contribution in [3.63, 3.8) is 0 Å². The molecule has 0 N–H and O–H groups in total. The molecule has 3 heteroatoms. The Balaban J connectivity index is 3.84. The number of rotatable bonds is 4. The molecule has 72 valence electrons. The molecule has 0 heterocycles. The first kappa shape index (κ1) is 12.0. The molecule has 0 bridgehead atoms. The SMILES string of the molecule is CCCC(=O)SC(C)[N+](C)(C)C. The van der Waals surface area contributed by atoms with E-state index < -0.39 is 0 Å². The fraction of sp³-hybridized carbons (Fsp3) is 0.889. The van der Waals surface area contributed by atoms with Crippen molar-refractivity contribution in [3.8, 4) is 0 Å². The molecule has 0 radical (unpaired) electrons. The largest absolute Gasteiger partial charge is 0.320 e. The molecule has 0 fully saturated rings. The van der Waals surface area contributed by atoms with E-state index in [9.17, 15) is 4.79 Å². The van der Waals surface area contributed by atoms with Gasteiger partial charge in [0, 0.05) is 6.42 Å². The van der Waals surface area contributed by atoms with Crippen LogP contribution in [0.2, 0.25) is 0 Å². The Labute approximate surface area is 79.9 Å². The van der Waals surface area contributed by atoms with Gasteiger partial charge in [0.25, 0.3) is 0 Å². The third kappa shape index (κ3) is 4.78. The molecule has 0 rings (SSSR count). The van der Waals surface area contributed by atoms with E-state index in [1.165, 1.54) is 11.8 Å². The lowest BCUT2D eigenvalue weighted by Crippen LogP contribution is -2.41. The smallest absolute Gasteiger partial charge is 0.194 e. The first-order valence-corrected chi connectivity index (χ1v) is 5.26. The molecule has 0 saturated heterocycles. The van der Waals surface area contributed by atoms with Crippen LogP contribution in [0.3, 0.4) is 0 Å². The summed E-state index contributed by atoms with van der Waals surface area (Å²) < 4.78 is 0.833. The molecule has 12 heavy (non-hydrogen) atoms. The highest BCUT2D eigenvalue weighted by molar-refractivity contribution is 8.13. The minimum Gasteiger partial charge on any atom is -0.320 e. The first-order chi connectivity index (χ1) is 5.38.